The second kappa shape index (κ2) is 3.74. The van der Waals surface area contributed by atoms with Gasteiger partial charge in [-0.05, 0) is 28.1 Å². The quantitative estimate of drug-likeness (QED) is 0.865. The summed E-state index contributed by atoms with van der Waals surface area (Å²) in [5.41, 5.74) is 4.76. The van der Waals surface area contributed by atoms with Gasteiger partial charge < -0.3 is 10.5 Å². The number of amides is 1. The van der Waals surface area contributed by atoms with Gasteiger partial charge in [0, 0.05) is 0 Å². The predicted molar refractivity (Wildman–Crippen MR) is 49.2 cm³/mol. The topological polar surface area (TPSA) is 52.3 Å². The number of methoxy groups -OCH3 is 1. The SMILES string of the molecule is COc1c(Br)ccc(C(N)=O)c1F. The Balaban J connectivity index is 3.35. The average Bonchev–Trinajstić information content (AvgIpc) is 2.04. The zero-order chi connectivity index (χ0) is 10.0. The number of carbonyl (C=O) groups is 1. The number of hydrogen-bond acceptors (Lipinski definition) is 2. The van der Waals surface area contributed by atoms with Gasteiger partial charge in [-0.2, -0.15) is 0 Å². The third-order valence-corrected chi connectivity index (χ3v) is 2.14. The van der Waals surface area contributed by atoms with Crippen molar-refractivity contribution in [3.63, 3.8) is 0 Å². The van der Waals surface area contributed by atoms with Crippen LogP contribution >= 0.6 is 15.9 Å². The van der Waals surface area contributed by atoms with Crippen molar-refractivity contribution in [3.8, 4) is 5.75 Å². The van der Waals surface area contributed by atoms with Crippen LogP contribution in [0.5, 0.6) is 5.75 Å². The van der Waals surface area contributed by atoms with E-state index >= 15 is 0 Å². The molecular formula is C8H7BrFNO2. The summed E-state index contributed by atoms with van der Waals surface area (Å²) in [7, 11) is 1.31. The molecule has 70 valence electrons. The zero-order valence-corrected chi connectivity index (χ0v) is 8.39. The van der Waals surface area contributed by atoms with E-state index in [9.17, 15) is 9.18 Å². The van der Waals surface area contributed by atoms with Gasteiger partial charge in [-0.3, -0.25) is 4.79 Å². The van der Waals surface area contributed by atoms with Gasteiger partial charge in [-0.1, -0.05) is 0 Å². The molecule has 13 heavy (non-hydrogen) atoms. The van der Waals surface area contributed by atoms with Crippen molar-refractivity contribution in [1.29, 1.82) is 0 Å². The van der Waals surface area contributed by atoms with Gasteiger partial charge >= 0.3 is 0 Å². The minimum atomic E-state index is -0.816. The molecule has 0 atom stereocenters. The third-order valence-electron chi connectivity index (χ3n) is 1.52. The fraction of sp³-hybridized carbons (Fsp3) is 0.125. The van der Waals surface area contributed by atoms with Crippen LogP contribution in [0.4, 0.5) is 4.39 Å². The summed E-state index contributed by atoms with van der Waals surface area (Å²) >= 11 is 3.07. The number of benzene rings is 1. The molecule has 1 aromatic rings. The molecule has 5 heteroatoms. The Morgan fingerprint density at radius 1 is 1.62 bits per heavy atom. The van der Waals surface area contributed by atoms with Gasteiger partial charge in [0.15, 0.2) is 11.6 Å². The van der Waals surface area contributed by atoms with Crippen molar-refractivity contribution in [2.75, 3.05) is 7.11 Å². The van der Waals surface area contributed by atoms with Crippen molar-refractivity contribution in [2.45, 2.75) is 0 Å². The molecule has 0 saturated heterocycles. The minimum Gasteiger partial charge on any atom is -0.492 e. The Morgan fingerprint density at radius 2 is 2.23 bits per heavy atom. The standard InChI is InChI=1S/C8H7BrFNO2/c1-13-7-5(9)3-2-4(6(7)10)8(11)12/h2-3H,1H3,(H2,11,12). The number of carbonyl (C=O) groups excluding carboxylic acids is 1. The molecule has 0 spiro atoms. The lowest BCUT2D eigenvalue weighted by atomic mass is 10.2. The van der Waals surface area contributed by atoms with Crippen LogP contribution < -0.4 is 10.5 Å². The van der Waals surface area contributed by atoms with E-state index < -0.39 is 11.7 Å². The predicted octanol–water partition coefficient (Wildman–Crippen LogP) is 1.70. The maximum Gasteiger partial charge on any atom is 0.251 e. The van der Waals surface area contributed by atoms with E-state index in [-0.39, 0.29) is 11.3 Å². The number of rotatable bonds is 2. The van der Waals surface area contributed by atoms with Crippen molar-refractivity contribution >= 4 is 21.8 Å². The summed E-state index contributed by atoms with van der Waals surface area (Å²) in [6.45, 7) is 0. The molecule has 1 aromatic carbocycles. The second-order valence-electron chi connectivity index (χ2n) is 2.31. The normalized spacial score (nSPS) is 9.77. The van der Waals surface area contributed by atoms with Crippen LogP contribution in [0.2, 0.25) is 0 Å². The zero-order valence-electron chi connectivity index (χ0n) is 6.80. The van der Waals surface area contributed by atoms with E-state index in [4.69, 9.17) is 10.5 Å². The van der Waals surface area contributed by atoms with E-state index in [0.717, 1.165) is 0 Å². The summed E-state index contributed by atoms with van der Waals surface area (Å²) < 4.78 is 18.5. The number of ether oxygens (including phenoxy) is 1. The van der Waals surface area contributed by atoms with Gasteiger partial charge in [0.05, 0.1) is 17.1 Å². The number of halogens is 2. The van der Waals surface area contributed by atoms with Crippen LogP contribution in [0, 0.1) is 5.82 Å². The second-order valence-corrected chi connectivity index (χ2v) is 3.16. The monoisotopic (exact) mass is 247 g/mol. The lowest BCUT2D eigenvalue weighted by Gasteiger charge is -2.06. The van der Waals surface area contributed by atoms with Crippen LogP contribution in [0.3, 0.4) is 0 Å². The van der Waals surface area contributed by atoms with E-state index in [0.29, 0.717) is 4.47 Å². The molecule has 0 heterocycles. The molecule has 1 rings (SSSR count). The maximum atomic E-state index is 13.3. The Labute approximate surface area is 82.8 Å². The molecule has 2 N–H and O–H groups in total. The molecule has 0 aliphatic heterocycles. The largest absolute Gasteiger partial charge is 0.492 e. The third kappa shape index (κ3) is 1.80. The van der Waals surface area contributed by atoms with Crippen molar-refractivity contribution in [3.05, 3.63) is 28.0 Å². The van der Waals surface area contributed by atoms with Crippen molar-refractivity contribution in [1.82, 2.24) is 0 Å². The van der Waals surface area contributed by atoms with E-state index in [1.54, 1.807) is 0 Å². The number of hydrogen-bond donors (Lipinski definition) is 1. The Bertz CT molecular complexity index is 354. The molecule has 0 aromatic heterocycles. The Morgan fingerprint density at radius 3 is 2.69 bits per heavy atom. The van der Waals surface area contributed by atoms with E-state index in [1.807, 2.05) is 0 Å². The van der Waals surface area contributed by atoms with Crippen LogP contribution in [0.1, 0.15) is 10.4 Å². The molecule has 0 saturated carbocycles. The first kappa shape index (κ1) is 9.98. The summed E-state index contributed by atoms with van der Waals surface area (Å²) in [5.74, 6) is -1.58. The molecule has 0 fully saturated rings. The smallest absolute Gasteiger partial charge is 0.251 e. The lowest BCUT2D eigenvalue weighted by molar-refractivity contribution is 0.0995. The number of nitrogens with two attached hydrogens (primary N) is 1. The van der Waals surface area contributed by atoms with Gasteiger partial charge in [0.2, 0.25) is 0 Å². The van der Waals surface area contributed by atoms with E-state index in [2.05, 4.69) is 15.9 Å². The highest BCUT2D eigenvalue weighted by Crippen LogP contribution is 2.29. The van der Waals surface area contributed by atoms with Crippen LogP contribution in [0.25, 0.3) is 0 Å². The van der Waals surface area contributed by atoms with E-state index in [1.165, 1.54) is 19.2 Å². The fourth-order valence-corrected chi connectivity index (χ4v) is 1.38. The molecule has 3 nitrogen and oxygen atoms in total. The maximum absolute atomic E-state index is 13.3. The minimum absolute atomic E-state index is 0.0173. The highest BCUT2D eigenvalue weighted by Gasteiger charge is 2.15. The summed E-state index contributed by atoms with van der Waals surface area (Å²) in [4.78, 5) is 10.7. The van der Waals surface area contributed by atoms with Crippen LogP contribution in [-0.4, -0.2) is 13.0 Å². The molecule has 1 amide bonds. The van der Waals surface area contributed by atoms with Crippen LogP contribution in [-0.2, 0) is 0 Å². The lowest BCUT2D eigenvalue weighted by Crippen LogP contribution is -2.13. The summed E-state index contributed by atoms with van der Waals surface area (Å²) in [6.07, 6.45) is 0. The molecule has 0 bridgehead atoms. The van der Waals surface area contributed by atoms with Crippen molar-refractivity contribution in [2.24, 2.45) is 5.73 Å². The molecular weight excluding hydrogens is 241 g/mol. The molecule has 0 unspecified atom stereocenters. The molecule has 0 aliphatic rings. The highest BCUT2D eigenvalue weighted by atomic mass is 79.9. The number of primary amides is 1. The molecule has 0 aliphatic carbocycles. The van der Waals surface area contributed by atoms with Crippen molar-refractivity contribution < 1.29 is 13.9 Å². The summed E-state index contributed by atoms with van der Waals surface area (Å²) in [5, 5.41) is 0. The Kier molecular flexibility index (Phi) is 2.87. The first-order valence-corrected chi connectivity index (χ1v) is 4.19. The van der Waals surface area contributed by atoms with Gasteiger partial charge in [0.1, 0.15) is 0 Å². The molecule has 0 radical (unpaired) electrons. The van der Waals surface area contributed by atoms with Crippen LogP contribution in [0.15, 0.2) is 16.6 Å². The summed E-state index contributed by atoms with van der Waals surface area (Å²) in [6, 6.07) is 2.80. The first-order valence-electron chi connectivity index (χ1n) is 3.39. The van der Waals surface area contributed by atoms with Gasteiger partial charge in [-0.15, -0.1) is 0 Å². The first-order chi connectivity index (χ1) is 6.07. The van der Waals surface area contributed by atoms with Gasteiger partial charge in [-0.25, -0.2) is 4.39 Å². The van der Waals surface area contributed by atoms with Gasteiger partial charge in [0.25, 0.3) is 5.91 Å². The fourth-order valence-electron chi connectivity index (χ4n) is 0.910. The highest BCUT2D eigenvalue weighted by molar-refractivity contribution is 9.10. The Hall–Kier alpha value is -1.10. The average molecular weight is 248 g/mol.